The molecule has 2 rings (SSSR count). The molecule has 86 valence electrons. The van der Waals surface area contributed by atoms with Crippen molar-refractivity contribution in [2.45, 2.75) is 6.42 Å². The van der Waals surface area contributed by atoms with E-state index in [4.69, 9.17) is 10.8 Å². The van der Waals surface area contributed by atoms with Gasteiger partial charge in [0, 0.05) is 17.1 Å². The van der Waals surface area contributed by atoms with Crippen molar-refractivity contribution in [3.05, 3.63) is 42.1 Å². The predicted molar refractivity (Wildman–Crippen MR) is 67.4 cm³/mol. The second-order valence-electron chi connectivity index (χ2n) is 3.64. The van der Waals surface area contributed by atoms with Crippen LogP contribution in [0.3, 0.4) is 0 Å². The number of aliphatic carboxylic acids is 1. The third-order valence-electron chi connectivity index (χ3n) is 2.45. The molecule has 4 heteroatoms. The third kappa shape index (κ3) is 2.42. The number of rotatable bonds is 3. The van der Waals surface area contributed by atoms with Crippen molar-refractivity contribution >= 4 is 28.6 Å². The van der Waals surface area contributed by atoms with Crippen LogP contribution in [-0.2, 0) is 4.79 Å². The summed E-state index contributed by atoms with van der Waals surface area (Å²) in [6.45, 7) is 0. The highest BCUT2D eigenvalue weighted by atomic mass is 16.4. The van der Waals surface area contributed by atoms with E-state index in [0.29, 0.717) is 5.82 Å². The summed E-state index contributed by atoms with van der Waals surface area (Å²) in [6.07, 6.45) is 5.00. The lowest BCUT2D eigenvalue weighted by molar-refractivity contribution is -0.135. The molecule has 0 amide bonds. The highest BCUT2D eigenvalue weighted by Gasteiger charge is 2.02. The molecule has 4 nitrogen and oxygen atoms in total. The Balaban J connectivity index is 2.45. The number of carboxylic acid groups (broad SMARTS) is 1. The van der Waals surface area contributed by atoms with E-state index in [9.17, 15) is 4.79 Å². The second kappa shape index (κ2) is 4.65. The van der Waals surface area contributed by atoms with E-state index in [2.05, 4.69) is 4.98 Å². The van der Waals surface area contributed by atoms with Crippen LogP contribution in [0, 0.1) is 0 Å². The van der Waals surface area contributed by atoms with Crippen LogP contribution < -0.4 is 5.73 Å². The topological polar surface area (TPSA) is 76.2 Å². The predicted octanol–water partition coefficient (Wildman–Crippen LogP) is 2.30. The van der Waals surface area contributed by atoms with Gasteiger partial charge in [-0.25, -0.2) is 4.98 Å². The Labute approximate surface area is 98.4 Å². The maximum atomic E-state index is 10.4. The van der Waals surface area contributed by atoms with Crippen LogP contribution in [0.15, 0.2) is 36.5 Å². The lowest BCUT2D eigenvalue weighted by Crippen LogP contribution is -1.93. The summed E-state index contributed by atoms with van der Waals surface area (Å²) < 4.78 is 0. The van der Waals surface area contributed by atoms with Crippen molar-refractivity contribution in [3.8, 4) is 0 Å². The van der Waals surface area contributed by atoms with Gasteiger partial charge in [-0.2, -0.15) is 0 Å². The molecule has 1 heterocycles. The fraction of sp³-hybridized carbons (Fsp3) is 0.0769. The molecule has 0 aliphatic carbocycles. The van der Waals surface area contributed by atoms with Gasteiger partial charge in [-0.15, -0.1) is 0 Å². The molecule has 0 bridgehead atoms. The Morgan fingerprint density at radius 2 is 2.06 bits per heavy atom. The van der Waals surface area contributed by atoms with E-state index >= 15 is 0 Å². The number of nitrogens with zero attached hydrogens (tertiary/aromatic N) is 1. The number of carboxylic acids is 1. The van der Waals surface area contributed by atoms with Crippen molar-refractivity contribution < 1.29 is 9.90 Å². The first kappa shape index (κ1) is 11.1. The molecule has 0 aliphatic rings. The van der Waals surface area contributed by atoms with Crippen LogP contribution >= 0.6 is 0 Å². The molecule has 0 fully saturated rings. The van der Waals surface area contributed by atoms with Gasteiger partial charge in [-0.3, -0.25) is 4.79 Å². The molecule has 3 N–H and O–H groups in total. The van der Waals surface area contributed by atoms with E-state index < -0.39 is 5.97 Å². The van der Waals surface area contributed by atoms with Crippen molar-refractivity contribution in [2.75, 3.05) is 5.73 Å². The Hall–Kier alpha value is -2.36. The lowest BCUT2D eigenvalue weighted by Gasteiger charge is -2.04. The van der Waals surface area contributed by atoms with Crippen LogP contribution in [0.4, 0.5) is 5.82 Å². The van der Waals surface area contributed by atoms with Gasteiger partial charge in [0.05, 0.1) is 6.42 Å². The molecular weight excluding hydrogens is 216 g/mol. The molecule has 0 saturated carbocycles. The lowest BCUT2D eigenvalue weighted by atomic mass is 10.1. The molecule has 0 unspecified atom stereocenters. The van der Waals surface area contributed by atoms with E-state index in [0.717, 1.165) is 16.3 Å². The fourth-order valence-corrected chi connectivity index (χ4v) is 1.66. The Morgan fingerprint density at radius 3 is 2.76 bits per heavy atom. The Morgan fingerprint density at radius 1 is 1.35 bits per heavy atom. The zero-order chi connectivity index (χ0) is 12.3. The largest absolute Gasteiger partial charge is 0.481 e. The summed E-state index contributed by atoms with van der Waals surface area (Å²) in [5.74, 6) is -0.370. The monoisotopic (exact) mass is 228 g/mol. The highest BCUT2D eigenvalue weighted by Crippen LogP contribution is 2.23. The minimum atomic E-state index is -0.853. The van der Waals surface area contributed by atoms with Gasteiger partial charge in [0.2, 0.25) is 0 Å². The Kier molecular flexibility index (Phi) is 3.05. The average molecular weight is 228 g/mol. The zero-order valence-corrected chi connectivity index (χ0v) is 9.13. The number of nitrogens with two attached hydrogens (primary N) is 1. The van der Waals surface area contributed by atoms with E-state index in [1.165, 1.54) is 0 Å². The Bertz CT molecular complexity index is 591. The number of carbonyl (C=O) groups is 1. The van der Waals surface area contributed by atoms with Crippen molar-refractivity contribution in [1.29, 1.82) is 0 Å². The van der Waals surface area contributed by atoms with Crippen molar-refractivity contribution in [1.82, 2.24) is 4.98 Å². The van der Waals surface area contributed by atoms with Gasteiger partial charge < -0.3 is 10.8 Å². The minimum absolute atomic E-state index is 0.00129. The molecule has 0 spiro atoms. The SMILES string of the molecule is Nc1ncc(C=CCC(=O)O)c2ccccc12. The number of fused-ring (bicyclic) bond motifs is 1. The summed E-state index contributed by atoms with van der Waals surface area (Å²) in [6, 6.07) is 7.64. The number of hydrogen-bond acceptors (Lipinski definition) is 3. The van der Waals surface area contributed by atoms with Gasteiger partial charge in [0.25, 0.3) is 0 Å². The van der Waals surface area contributed by atoms with Crippen LogP contribution in [0.2, 0.25) is 0 Å². The second-order valence-corrected chi connectivity index (χ2v) is 3.64. The van der Waals surface area contributed by atoms with E-state index in [1.807, 2.05) is 24.3 Å². The number of benzene rings is 1. The fourth-order valence-electron chi connectivity index (χ4n) is 1.66. The quantitative estimate of drug-likeness (QED) is 0.845. The molecule has 2 aromatic rings. The van der Waals surface area contributed by atoms with Crippen molar-refractivity contribution in [2.24, 2.45) is 0 Å². The number of anilines is 1. The van der Waals surface area contributed by atoms with Gasteiger partial charge >= 0.3 is 5.97 Å². The van der Waals surface area contributed by atoms with Gasteiger partial charge in [0.15, 0.2) is 0 Å². The minimum Gasteiger partial charge on any atom is -0.481 e. The number of nitrogen functional groups attached to an aromatic ring is 1. The first-order valence-electron chi connectivity index (χ1n) is 5.20. The summed E-state index contributed by atoms with van der Waals surface area (Å²) in [4.78, 5) is 14.5. The average Bonchev–Trinajstić information content (AvgIpc) is 2.32. The van der Waals surface area contributed by atoms with E-state index in [-0.39, 0.29) is 6.42 Å². The molecule has 0 aliphatic heterocycles. The molecule has 0 radical (unpaired) electrons. The standard InChI is InChI=1S/C13H12N2O2/c14-13-11-6-2-1-5-10(11)9(8-15-13)4-3-7-12(16)17/h1-6,8H,7H2,(H2,14,15)(H,16,17). The molecule has 0 atom stereocenters. The first-order valence-corrected chi connectivity index (χ1v) is 5.20. The highest BCUT2D eigenvalue weighted by molar-refractivity contribution is 5.96. The van der Waals surface area contributed by atoms with Crippen LogP contribution in [0.25, 0.3) is 16.8 Å². The van der Waals surface area contributed by atoms with E-state index in [1.54, 1.807) is 18.3 Å². The van der Waals surface area contributed by atoms with Crippen LogP contribution in [0.5, 0.6) is 0 Å². The van der Waals surface area contributed by atoms with Crippen molar-refractivity contribution in [3.63, 3.8) is 0 Å². The van der Waals surface area contributed by atoms with Gasteiger partial charge in [-0.1, -0.05) is 36.4 Å². The first-order chi connectivity index (χ1) is 8.18. The summed E-state index contributed by atoms with van der Waals surface area (Å²) in [5, 5.41) is 10.4. The molecule has 0 saturated heterocycles. The van der Waals surface area contributed by atoms with Crippen LogP contribution in [-0.4, -0.2) is 16.1 Å². The third-order valence-corrected chi connectivity index (χ3v) is 2.45. The molecular formula is C13H12N2O2. The normalized spacial score (nSPS) is 11.1. The smallest absolute Gasteiger partial charge is 0.307 e. The number of pyridine rings is 1. The van der Waals surface area contributed by atoms with Crippen LogP contribution in [0.1, 0.15) is 12.0 Å². The molecule has 17 heavy (non-hydrogen) atoms. The summed E-state index contributed by atoms with van der Waals surface area (Å²) >= 11 is 0. The van der Waals surface area contributed by atoms with Gasteiger partial charge in [-0.05, 0) is 5.39 Å². The summed E-state index contributed by atoms with van der Waals surface area (Å²) in [5.41, 5.74) is 6.64. The maximum absolute atomic E-state index is 10.4. The summed E-state index contributed by atoms with van der Waals surface area (Å²) in [7, 11) is 0. The number of hydrogen-bond donors (Lipinski definition) is 2. The number of aromatic nitrogens is 1. The molecule has 1 aromatic carbocycles. The zero-order valence-electron chi connectivity index (χ0n) is 9.13. The maximum Gasteiger partial charge on any atom is 0.307 e. The van der Waals surface area contributed by atoms with Gasteiger partial charge in [0.1, 0.15) is 5.82 Å². The molecule has 1 aromatic heterocycles.